The Labute approximate surface area is 136 Å². The van der Waals surface area contributed by atoms with Crippen LogP contribution in [-0.2, 0) is 11.2 Å². The first-order valence-corrected chi connectivity index (χ1v) is 7.67. The molecule has 1 aliphatic heterocycles. The molecule has 0 amide bonds. The number of carbonyl (C=O) groups excluding carboxylic acids is 1. The van der Waals surface area contributed by atoms with E-state index in [1.54, 1.807) is 35.6 Å². The molecule has 3 aromatic rings. The van der Waals surface area contributed by atoms with Gasteiger partial charge in [-0.25, -0.2) is 4.39 Å². The Morgan fingerprint density at radius 3 is 2.71 bits per heavy atom. The largest absolute Gasteiger partial charge is 0.544 e. The molecule has 1 aliphatic rings. The topological polar surface area (TPSA) is 92.8 Å². The molecule has 5 nitrogen and oxygen atoms in total. The van der Waals surface area contributed by atoms with Crippen LogP contribution in [0.2, 0.25) is 0 Å². The molecule has 2 atom stereocenters. The summed E-state index contributed by atoms with van der Waals surface area (Å²) in [4.78, 5) is 14.8. The molecule has 0 saturated heterocycles. The highest BCUT2D eigenvalue weighted by molar-refractivity contribution is 5.87. The molecule has 0 saturated carbocycles. The minimum Gasteiger partial charge on any atom is -0.544 e. The van der Waals surface area contributed by atoms with Crippen molar-refractivity contribution in [2.75, 3.05) is 0 Å². The summed E-state index contributed by atoms with van der Waals surface area (Å²) in [6.45, 7) is 0. The summed E-state index contributed by atoms with van der Waals surface area (Å²) in [6, 6.07) is 9.96. The molecule has 2 heterocycles. The van der Waals surface area contributed by atoms with Crippen LogP contribution in [0.3, 0.4) is 0 Å². The minimum absolute atomic E-state index is 0.127. The number of aromatic amines is 1. The fourth-order valence-corrected chi connectivity index (χ4v) is 3.47. The molecular formula is C18H15FN2O3. The Morgan fingerprint density at radius 2 is 2.00 bits per heavy atom. The SMILES string of the molecule is O=C([O-])[C@H]1Cc2c([nH]c3ccc(O)cc23)[C@H](c2ccc(F)cc2)[NH2+]1. The average molecular weight is 326 g/mol. The number of benzene rings is 2. The van der Waals surface area contributed by atoms with Crippen molar-refractivity contribution >= 4 is 16.9 Å². The summed E-state index contributed by atoms with van der Waals surface area (Å²) in [5.74, 6) is -1.35. The molecule has 6 heteroatoms. The number of hydrogen-bond acceptors (Lipinski definition) is 3. The highest BCUT2D eigenvalue weighted by atomic mass is 19.1. The van der Waals surface area contributed by atoms with Gasteiger partial charge in [0.25, 0.3) is 0 Å². The molecule has 0 aliphatic carbocycles. The Morgan fingerprint density at radius 1 is 1.25 bits per heavy atom. The second kappa shape index (κ2) is 5.35. The number of halogens is 1. The van der Waals surface area contributed by atoms with Crippen LogP contribution in [0.15, 0.2) is 42.5 Å². The summed E-state index contributed by atoms with van der Waals surface area (Å²) in [6.07, 6.45) is 0.304. The van der Waals surface area contributed by atoms with Crippen molar-refractivity contribution in [2.45, 2.75) is 18.5 Å². The number of carbonyl (C=O) groups is 1. The van der Waals surface area contributed by atoms with Crippen LogP contribution in [0.5, 0.6) is 5.75 Å². The monoisotopic (exact) mass is 326 g/mol. The number of aromatic hydroxyl groups is 1. The van der Waals surface area contributed by atoms with E-state index in [1.165, 1.54) is 12.1 Å². The predicted molar refractivity (Wildman–Crippen MR) is 82.6 cm³/mol. The van der Waals surface area contributed by atoms with Crippen LogP contribution < -0.4 is 10.4 Å². The van der Waals surface area contributed by atoms with Gasteiger partial charge in [-0.2, -0.15) is 0 Å². The van der Waals surface area contributed by atoms with E-state index in [1.807, 2.05) is 0 Å². The van der Waals surface area contributed by atoms with Gasteiger partial charge in [0, 0.05) is 22.9 Å². The fraction of sp³-hybridized carbons (Fsp3) is 0.167. The van der Waals surface area contributed by atoms with Gasteiger partial charge in [-0.1, -0.05) is 0 Å². The molecule has 0 radical (unpaired) electrons. The Kier molecular flexibility index (Phi) is 3.28. The molecular weight excluding hydrogens is 311 g/mol. The third kappa shape index (κ3) is 2.32. The van der Waals surface area contributed by atoms with Crippen molar-refractivity contribution in [2.24, 2.45) is 0 Å². The smallest absolute Gasteiger partial charge is 0.153 e. The summed E-state index contributed by atoms with van der Waals surface area (Å²) in [7, 11) is 0. The van der Waals surface area contributed by atoms with Gasteiger partial charge in [0.1, 0.15) is 17.6 Å². The van der Waals surface area contributed by atoms with Gasteiger partial charge in [-0.3, -0.25) is 0 Å². The van der Waals surface area contributed by atoms with Crippen molar-refractivity contribution in [3.8, 4) is 5.75 Å². The van der Waals surface area contributed by atoms with E-state index in [-0.39, 0.29) is 17.6 Å². The van der Waals surface area contributed by atoms with Gasteiger partial charge in [-0.15, -0.1) is 0 Å². The van der Waals surface area contributed by atoms with Crippen LogP contribution in [0, 0.1) is 5.82 Å². The van der Waals surface area contributed by atoms with Crippen LogP contribution in [-0.4, -0.2) is 22.1 Å². The second-order valence-corrected chi connectivity index (χ2v) is 6.10. The fourth-order valence-electron chi connectivity index (χ4n) is 3.47. The minimum atomic E-state index is -1.14. The number of rotatable bonds is 2. The number of quaternary nitrogens is 1. The number of aromatic nitrogens is 1. The number of nitrogens with two attached hydrogens (primary N) is 1. The summed E-state index contributed by atoms with van der Waals surface area (Å²) in [5, 5.41) is 23.7. The maximum absolute atomic E-state index is 13.2. The first kappa shape index (κ1) is 14.7. The number of hydrogen-bond donors (Lipinski definition) is 3. The normalized spacial score (nSPS) is 20.0. The number of carboxylic acid groups (broad SMARTS) is 1. The van der Waals surface area contributed by atoms with E-state index < -0.39 is 12.0 Å². The first-order chi connectivity index (χ1) is 11.5. The third-order valence-electron chi connectivity index (χ3n) is 4.61. The van der Waals surface area contributed by atoms with Crippen LogP contribution in [0.4, 0.5) is 4.39 Å². The quantitative estimate of drug-likeness (QED) is 0.634. The molecule has 0 fully saturated rings. The Bertz CT molecular complexity index is 933. The van der Waals surface area contributed by atoms with Crippen molar-refractivity contribution in [3.63, 3.8) is 0 Å². The lowest BCUT2D eigenvalue weighted by Gasteiger charge is -2.28. The molecule has 2 aromatic carbocycles. The zero-order valence-electron chi connectivity index (χ0n) is 12.6. The zero-order valence-corrected chi connectivity index (χ0v) is 12.6. The molecule has 0 bridgehead atoms. The predicted octanol–water partition coefficient (Wildman–Crippen LogP) is 0.340. The van der Waals surface area contributed by atoms with Crippen molar-refractivity contribution in [1.29, 1.82) is 0 Å². The molecule has 24 heavy (non-hydrogen) atoms. The summed E-state index contributed by atoms with van der Waals surface area (Å²) < 4.78 is 13.2. The van der Waals surface area contributed by atoms with E-state index in [4.69, 9.17) is 0 Å². The van der Waals surface area contributed by atoms with Gasteiger partial charge in [0.2, 0.25) is 0 Å². The number of nitrogens with one attached hydrogen (secondary N) is 1. The van der Waals surface area contributed by atoms with Crippen molar-refractivity contribution in [3.05, 3.63) is 65.1 Å². The zero-order chi connectivity index (χ0) is 16.8. The molecule has 0 unspecified atom stereocenters. The van der Waals surface area contributed by atoms with E-state index in [9.17, 15) is 19.4 Å². The number of carboxylic acids is 1. The van der Waals surface area contributed by atoms with Crippen molar-refractivity contribution in [1.82, 2.24) is 4.98 Å². The molecule has 0 spiro atoms. The van der Waals surface area contributed by atoms with Crippen LogP contribution in [0.1, 0.15) is 22.9 Å². The van der Waals surface area contributed by atoms with Crippen molar-refractivity contribution < 1.29 is 24.7 Å². The molecule has 1 aromatic heterocycles. The lowest BCUT2D eigenvalue weighted by molar-refractivity contribution is -0.717. The van der Waals surface area contributed by atoms with E-state index in [0.29, 0.717) is 6.42 Å². The number of fused-ring (bicyclic) bond motifs is 3. The molecule has 122 valence electrons. The van der Waals surface area contributed by atoms with Gasteiger partial charge in [-0.05, 0) is 48.0 Å². The highest BCUT2D eigenvalue weighted by Crippen LogP contribution is 2.33. The van der Waals surface area contributed by atoms with E-state index in [0.717, 1.165) is 27.7 Å². The lowest BCUT2D eigenvalue weighted by Crippen LogP contribution is -2.95. The molecule has 4 N–H and O–H groups in total. The van der Waals surface area contributed by atoms with E-state index >= 15 is 0 Å². The number of phenolic OH excluding ortho intramolecular Hbond substituents is 1. The van der Waals surface area contributed by atoms with Crippen LogP contribution in [0.25, 0.3) is 10.9 Å². The summed E-state index contributed by atoms with van der Waals surface area (Å²) in [5.41, 5.74) is 3.36. The standard InChI is InChI=1S/C18H15FN2O3/c19-10-3-1-9(2-4-10)16-17-13(8-15(21-16)18(23)24)12-7-11(22)5-6-14(12)20-17/h1-7,15-16,20-22H,8H2,(H,23,24)/t15-,16+/m1/s1. The lowest BCUT2D eigenvalue weighted by atomic mass is 9.90. The second-order valence-electron chi connectivity index (χ2n) is 6.10. The van der Waals surface area contributed by atoms with E-state index in [2.05, 4.69) is 4.98 Å². The number of H-pyrrole nitrogens is 1. The maximum Gasteiger partial charge on any atom is 0.153 e. The number of phenols is 1. The van der Waals surface area contributed by atoms with Gasteiger partial charge < -0.3 is 25.3 Å². The molecule has 4 rings (SSSR count). The highest BCUT2D eigenvalue weighted by Gasteiger charge is 2.34. The Hall–Kier alpha value is -2.86. The van der Waals surface area contributed by atoms with Gasteiger partial charge >= 0.3 is 0 Å². The maximum atomic E-state index is 13.2. The average Bonchev–Trinajstić information content (AvgIpc) is 2.92. The summed E-state index contributed by atoms with van der Waals surface area (Å²) >= 11 is 0. The third-order valence-corrected chi connectivity index (χ3v) is 4.61. The Balaban J connectivity index is 1.90. The first-order valence-electron chi connectivity index (χ1n) is 7.67. The van der Waals surface area contributed by atoms with Gasteiger partial charge in [0.15, 0.2) is 6.04 Å². The van der Waals surface area contributed by atoms with Gasteiger partial charge in [0.05, 0.1) is 11.7 Å². The number of aliphatic carboxylic acids is 1. The van der Waals surface area contributed by atoms with Crippen LogP contribution >= 0.6 is 0 Å².